The van der Waals surface area contributed by atoms with Crippen LogP contribution < -0.4 is 10.0 Å². The first-order chi connectivity index (χ1) is 10.3. The second-order valence-corrected chi connectivity index (χ2v) is 6.84. The van der Waals surface area contributed by atoms with Crippen LogP contribution in [0.3, 0.4) is 0 Å². The van der Waals surface area contributed by atoms with Crippen molar-refractivity contribution < 1.29 is 17.6 Å². The van der Waals surface area contributed by atoms with Crippen molar-refractivity contribution in [2.75, 3.05) is 27.2 Å². The maximum absolute atomic E-state index is 12.9. The van der Waals surface area contributed by atoms with Crippen LogP contribution in [0.15, 0.2) is 29.2 Å². The molecule has 0 aliphatic rings. The topological polar surface area (TPSA) is 78.5 Å². The van der Waals surface area contributed by atoms with Crippen molar-refractivity contribution in [3.05, 3.63) is 30.1 Å². The number of nitrogens with zero attached hydrogens (tertiary/aromatic N) is 1. The zero-order valence-electron chi connectivity index (χ0n) is 13.0. The van der Waals surface area contributed by atoms with Gasteiger partial charge in [0.1, 0.15) is 11.9 Å². The van der Waals surface area contributed by atoms with Crippen molar-refractivity contribution in [1.29, 1.82) is 0 Å². The van der Waals surface area contributed by atoms with E-state index in [1.807, 2.05) is 19.0 Å². The molecule has 124 valence electrons. The van der Waals surface area contributed by atoms with Gasteiger partial charge in [-0.15, -0.1) is 0 Å². The van der Waals surface area contributed by atoms with E-state index in [2.05, 4.69) is 10.0 Å². The summed E-state index contributed by atoms with van der Waals surface area (Å²) >= 11 is 0. The molecule has 0 aromatic heterocycles. The fraction of sp³-hybridized carbons (Fsp3) is 0.500. The predicted octanol–water partition coefficient (Wildman–Crippen LogP) is 0.560. The zero-order chi connectivity index (χ0) is 16.8. The van der Waals surface area contributed by atoms with Crippen LogP contribution in [-0.2, 0) is 14.8 Å². The van der Waals surface area contributed by atoms with Crippen molar-refractivity contribution in [2.45, 2.75) is 24.3 Å². The van der Waals surface area contributed by atoms with Gasteiger partial charge >= 0.3 is 0 Å². The monoisotopic (exact) mass is 331 g/mol. The highest BCUT2D eigenvalue weighted by Gasteiger charge is 2.24. The normalized spacial score (nSPS) is 13.1. The van der Waals surface area contributed by atoms with E-state index in [1.165, 1.54) is 0 Å². The number of hydrogen-bond acceptors (Lipinski definition) is 4. The molecule has 8 heteroatoms. The van der Waals surface area contributed by atoms with Crippen LogP contribution in [-0.4, -0.2) is 52.5 Å². The lowest BCUT2D eigenvalue weighted by Gasteiger charge is -2.18. The predicted molar refractivity (Wildman–Crippen MR) is 82.4 cm³/mol. The summed E-state index contributed by atoms with van der Waals surface area (Å²) < 4.78 is 39.5. The fourth-order valence-electron chi connectivity index (χ4n) is 1.72. The summed E-state index contributed by atoms with van der Waals surface area (Å²) in [5.74, 6) is -0.901. The first kappa shape index (κ1) is 18.5. The third-order valence-corrected chi connectivity index (χ3v) is 4.49. The molecule has 0 saturated carbocycles. The van der Waals surface area contributed by atoms with Crippen molar-refractivity contribution in [3.8, 4) is 0 Å². The van der Waals surface area contributed by atoms with E-state index in [4.69, 9.17) is 0 Å². The molecule has 6 nitrogen and oxygen atoms in total. The van der Waals surface area contributed by atoms with E-state index in [0.29, 0.717) is 19.5 Å². The number of carbonyl (C=O) groups excluding carboxylic acids is 1. The maximum atomic E-state index is 12.9. The standard InChI is InChI=1S/C14H22FN3O3S/c1-4-13(14(19)16-9-10-18(2)3)17-22(20,21)12-7-5-11(15)6-8-12/h5-8,13,17H,4,9-10H2,1-3H3,(H,16,19). The molecule has 1 unspecified atom stereocenters. The minimum Gasteiger partial charge on any atom is -0.353 e. The lowest BCUT2D eigenvalue weighted by Crippen LogP contribution is -2.47. The summed E-state index contributed by atoms with van der Waals surface area (Å²) in [4.78, 5) is 13.8. The molecule has 0 bridgehead atoms. The SMILES string of the molecule is CCC(NS(=O)(=O)c1ccc(F)cc1)C(=O)NCCN(C)C. The molecule has 2 N–H and O–H groups in total. The molecule has 1 aromatic carbocycles. The number of benzene rings is 1. The van der Waals surface area contributed by atoms with Crippen molar-refractivity contribution in [2.24, 2.45) is 0 Å². The van der Waals surface area contributed by atoms with E-state index < -0.39 is 21.9 Å². The Bertz CT molecular complexity index is 588. The second-order valence-electron chi connectivity index (χ2n) is 5.13. The number of nitrogens with one attached hydrogen (secondary N) is 2. The Morgan fingerprint density at radius 1 is 1.27 bits per heavy atom. The van der Waals surface area contributed by atoms with Crippen LogP contribution in [0.25, 0.3) is 0 Å². The van der Waals surface area contributed by atoms with Gasteiger partial charge in [-0.25, -0.2) is 12.8 Å². The second kappa shape index (κ2) is 8.21. The minimum absolute atomic E-state index is 0.0755. The number of carbonyl (C=O) groups is 1. The molecule has 0 saturated heterocycles. The van der Waals surface area contributed by atoms with Crippen molar-refractivity contribution >= 4 is 15.9 Å². The van der Waals surface area contributed by atoms with Gasteiger partial charge in [-0.05, 0) is 44.8 Å². The third kappa shape index (κ3) is 5.70. The van der Waals surface area contributed by atoms with E-state index in [1.54, 1.807) is 6.92 Å². The fourth-order valence-corrected chi connectivity index (χ4v) is 3.00. The lowest BCUT2D eigenvalue weighted by molar-refractivity contribution is -0.122. The van der Waals surface area contributed by atoms with Crippen molar-refractivity contribution in [3.63, 3.8) is 0 Å². The Morgan fingerprint density at radius 3 is 2.36 bits per heavy atom. The van der Waals surface area contributed by atoms with Crippen LogP contribution in [0, 0.1) is 5.82 Å². The van der Waals surface area contributed by atoms with Crippen LogP contribution in [0.4, 0.5) is 4.39 Å². The van der Waals surface area contributed by atoms with Gasteiger partial charge < -0.3 is 10.2 Å². The molecule has 0 radical (unpaired) electrons. The van der Waals surface area contributed by atoms with Gasteiger partial charge in [0.25, 0.3) is 0 Å². The van der Waals surface area contributed by atoms with Gasteiger partial charge in [0.15, 0.2) is 0 Å². The quantitative estimate of drug-likeness (QED) is 0.730. The highest BCUT2D eigenvalue weighted by molar-refractivity contribution is 7.89. The van der Waals surface area contributed by atoms with E-state index >= 15 is 0 Å². The lowest BCUT2D eigenvalue weighted by atomic mass is 10.2. The van der Waals surface area contributed by atoms with Gasteiger partial charge in [0.2, 0.25) is 15.9 Å². The van der Waals surface area contributed by atoms with Gasteiger partial charge in [-0.1, -0.05) is 6.92 Å². The van der Waals surface area contributed by atoms with Crippen molar-refractivity contribution in [1.82, 2.24) is 14.9 Å². The van der Waals surface area contributed by atoms with Gasteiger partial charge in [0.05, 0.1) is 4.90 Å². The Hall–Kier alpha value is -1.51. The maximum Gasteiger partial charge on any atom is 0.241 e. The summed E-state index contributed by atoms with van der Waals surface area (Å²) in [7, 11) is -0.111. The molecule has 0 aliphatic heterocycles. The third-order valence-electron chi connectivity index (χ3n) is 3.00. The Kier molecular flexibility index (Phi) is 6.92. The van der Waals surface area contributed by atoms with E-state index in [9.17, 15) is 17.6 Å². The molecular formula is C14H22FN3O3S. The molecule has 1 atom stereocenters. The van der Waals surface area contributed by atoms with Gasteiger partial charge in [-0.3, -0.25) is 4.79 Å². The van der Waals surface area contributed by atoms with Crippen LogP contribution >= 0.6 is 0 Å². The molecule has 0 spiro atoms. The van der Waals surface area contributed by atoms with E-state index in [-0.39, 0.29) is 10.8 Å². The smallest absolute Gasteiger partial charge is 0.241 e. The average molecular weight is 331 g/mol. The molecule has 1 aromatic rings. The number of likely N-dealkylation sites (N-methyl/N-ethyl adjacent to an activating group) is 1. The summed E-state index contributed by atoms with van der Waals surface area (Å²) in [5.41, 5.74) is 0. The highest BCUT2D eigenvalue weighted by atomic mass is 32.2. The molecule has 0 fully saturated rings. The molecular weight excluding hydrogens is 309 g/mol. The summed E-state index contributed by atoms with van der Waals surface area (Å²) in [6.07, 6.45) is 0.314. The first-order valence-electron chi connectivity index (χ1n) is 6.96. The summed E-state index contributed by atoms with van der Waals surface area (Å²) in [6, 6.07) is 3.58. The molecule has 1 amide bonds. The summed E-state index contributed by atoms with van der Waals surface area (Å²) in [5, 5.41) is 2.68. The Labute approximate surface area is 130 Å². The Balaban J connectivity index is 2.71. The largest absolute Gasteiger partial charge is 0.353 e. The molecule has 0 heterocycles. The first-order valence-corrected chi connectivity index (χ1v) is 8.45. The number of rotatable bonds is 8. The molecule has 22 heavy (non-hydrogen) atoms. The number of hydrogen-bond donors (Lipinski definition) is 2. The van der Waals surface area contributed by atoms with Crippen LogP contribution in [0.5, 0.6) is 0 Å². The summed E-state index contributed by atoms with van der Waals surface area (Å²) in [6.45, 7) is 2.80. The zero-order valence-corrected chi connectivity index (χ0v) is 13.8. The average Bonchev–Trinajstić information content (AvgIpc) is 2.44. The van der Waals surface area contributed by atoms with Crippen LogP contribution in [0.2, 0.25) is 0 Å². The van der Waals surface area contributed by atoms with Crippen LogP contribution in [0.1, 0.15) is 13.3 Å². The van der Waals surface area contributed by atoms with E-state index in [0.717, 1.165) is 24.3 Å². The number of sulfonamides is 1. The molecule has 0 aliphatic carbocycles. The van der Waals surface area contributed by atoms with Gasteiger partial charge in [-0.2, -0.15) is 4.72 Å². The number of amides is 1. The highest BCUT2D eigenvalue weighted by Crippen LogP contribution is 2.11. The Morgan fingerprint density at radius 2 is 1.86 bits per heavy atom. The molecule has 1 rings (SSSR count). The number of halogens is 1. The minimum atomic E-state index is -3.86. The van der Waals surface area contributed by atoms with Gasteiger partial charge in [0, 0.05) is 13.1 Å².